The lowest BCUT2D eigenvalue weighted by atomic mass is 9.78. The third kappa shape index (κ3) is 4.47. The molecule has 1 aliphatic carbocycles. The Balaban J connectivity index is 1.20. The van der Waals surface area contributed by atoms with E-state index < -0.39 is 10.0 Å². The van der Waals surface area contributed by atoms with Crippen molar-refractivity contribution in [2.24, 2.45) is 5.92 Å². The lowest BCUT2D eigenvalue weighted by Crippen LogP contribution is -2.51. The molecule has 7 nitrogen and oxygen atoms in total. The topological polar surface area (TPSA) is 76.2 Å². The standard InChI is InChI=1S/C24H34N2O5S/c27-23(25-11-14-30-15-12-25)16-19-6-13-31-24(18-19)7-9-26(10-8-24)32(28,29)22-5-4-20-2-1-3-21(20)17-22/h4-5,17,19H,1-3,6-16,18H2. The number of amides is 1. The number of benzene rings is 1. The summed E-state index contributed by atoms with van der Waals surface area (Å²) in [5.41, 5.74) is 2.18. The molecule has 1 spiro atoms. The summed E-state index contributed by atoms with van der Waals surface area (Å²) < 4.78 is 39.7. The predicted octanol–water partition coefficient (Wildman–Crippen LogP) is 2.37. The van der Waals surface area contributed by atoms with Gasteiger partial charge in [0.2, 0.25) is 15.9 Å². The van der Waals surface area contributed by atoms with Gasteiger partial charge in [0.25, 0.3) is 0 Å². The van der Waals surface area contributed by atoms with Crippen LogP contribution in [0.25, 0.3) is 0 Å². The van der Waals surface area contributed by atoms with E-state index in [2.05, 4.69) is 0 Å². The van der Waals surface area contributed by atoms with Crippen LogP contribution in [0.4, 0.5) is 0 Å². The Kier molecular flexibility index (Phi) is 6.31. The van der Waals surface area contributed by atoms with Crippen molar-refractivity contribution in [2.45, 2.75) is 61.9 Å². The van der Waals surface area contributed by atoms with Crippen LogP contribution in [0.2, 0.25) is 0 Å². The molecule has 1 amide bonds. The van der Waals surface area contributed by atoms with Gasteiger partial charge in [-0.05, 0) is 74.1 Å². The molecule has 0 radical (unpaired) electrons. The third-order valence-corrected chi connectivity index (χ3v) is 9.66. The van der Waals surface area contributed by atoms with Crippen molar-refractivity contribution in [3.8, 4) is 0 Å². The molecule has 8 heteroatoms. The number of piperidine rings is 1. The van der Waals surface area contributed by atoms with Crippen molar-refractivity contribution in [2.75, 3.05) is 46.0 Å². The highest BCUT2D eigenvalue weighted by atomic mass is 32.2. The van der Waals surface area contributed by atoms with Crippen LogP contribution in [0.1, 0.15) is 49.7 Å². The second kappa shape index (κ2) is 9.05. The largest absolute Gasteiger partial charge is 0.378 e. The number of rotatable bonds is 4. The van der Waals surface area contributed by atoms with Crippen LogP contribution >= 0.6 is 0 Å². The van der Waals surface area contributed by atoms with E-state index in [1.165, 1.54) is 11.1 Å². The SMILES string of the molecule is O=C(CC1CCOC2(CCN(S(=O)(=O)c3ccc4c(c3)CCC4)CC2)C1)N1CCOCC1. The molecule has 0 aromatic heterocycles. The first-order valence-electron chi connectivity index (χ1n) is 12.1. The van der Waals surface area contributed by atoms with Crippen LogP contribution in [-0.4, -0.2) is 75.1 Å². The van der Waals surface area contributed by atoms with Gasteiger partial charge in [0.1, 0.15) is 0 Å². The molecular formula is C24H34N2O5S. The average molecular weight is 463 g/mol. The number of morpholine rings is 1. The first-order chi connectivity index (χ1) is 15.5. The van der Waals surface area contributed by atoms with Gasteiger partial charge in [-0.3, -0.25) is 4.79 Å². The van der Waals surface area contributed by atoms with Gasteiger partial charge in [-0.2, -0.15) is 4.31 Å². The highest BCUT2D eigenvalue weighted by Gasteiger charge is 2.43. The Morgan fingerprint density at radius 3 is 2.56 bits per heavy atom. The molecule has 1 aromatic rings. The summed E-state index contributed by atoms with van der Waals surface area (Å²) in [7, 11) is -3.48. The van der Waals surface area contributed by atoms with Crippen LogP contribution < -0.4 is 0 Å². The molecule has 3 fully saturated rings. The van der Waals surface area contributed by atoms with Gasteiger partial charge in [-0.25, -0.2) is 8.42 Å². The van der Waals surface area contributed by atoms with Crippen molar-refractivity contribution in [1.82, 2.24) is 9.21 Å². The molecule has 0 bridgehead atoms. The zero-order valence-corrected chi connectivity index (χ0v) is 19.6. The Morgan fingerprint density at radius 2 is 1.78 bits per heavy atom. The molecule has 0 N–H and O–H groups in total. The maximum absolute atomic E-state index is 13.3. The lowest BCUT2D eigenvalue weighted by Gasteiger charge is -2.46. The Bertz CT molecular complexity index is 949. The fraction of sp³-hybridized carbons (Fsp3) is 0.708. The van der Waals surface area contributed by atoms with Crippen LogP contribution in [0.5, 0.6) is 0 Å². The highest BCUT2D eigenvalue weighted by molar-refractivity contribution is 7.89. The predicted molar refractivity (Wildman–Crippen MR) is 120 cm³/mol. The van der Waals surface area contributed by atoms with Crippen LogP contribution in [-0.2, 0) is 37.1 Å². The zero-order valence-electron chi connectivity index (χ0n) is 18.8. The van der Waals surface area contributed by atoms with Gasteiger partial charge in [0.05, 0.1) is 23.7 Å². The molecule has 1 unspecified atom stereocenters. The van der Waals surface area contributed by atoms with Crippen LogP contribution in [0.3, 0.4) is 0 Å². The lowest BCUT2D eigenvalue weighted by molar-refractivity contribution is -0.143. The quantitative estimate of drug-likeness (QED) is 0.687. The number of ether oxygens (including phenoxy) is 2. The summed E-state index contributed by atoms with van der Waals surface area (Å²) in [4.78, 5) is 15.0. The fourth-order valence-electron chi connectivity index (χ4n) is 5.83. The molecule has 4 aliphatic rings. The van der Waals surface area contributed by atoms with Gasteiger partial charge >= 0.3 is 0 Å². The molecule has 176 valence electrons. The number of carbonyl (C=O) groups is 1. The zero-order chi connectivity index (χ0) is 22.2. The minimum absolute atomic E-state index is 0.215. The Morgan fingerprint density at radius 1 is 1.03 bits per heavy atom. The van der Waals surface area contributed by atoms with E-state index in [9.17, 15) is 13.2 Å². The van der Waals surface area contributed by atoms with E-state index in [1.807, 2.05) is 17.0 Å². The second-order valence-electron chi connectivity index (χ2n) is 9.78. The number of hydrogen-bond acceptors (Lipinski definition) is 5. The number of nitrogens with zero attached hydrogens (tertiary/aromatic N) is 2. The van der Waals surface area contributed by atoms with Crippen molar-refractivity contribution in [3.05, 3.63) is 29.3 Å². The summed E-state index contributed by atoms with van der Waals surface area (Å²) in [5, 5.41) is 0. The molecule has 3 saturated heterocycles. The normalized spacial score (nSPS) is 26.2. The summed E-state index contributed by atoms with van der Waals surface area (Å²) in [6.45, 7) is 4.22. The molecule has 32 heavy (non-hydrogen) atoms. The summed E-state index contributed by atoms with van der Waals surface area (Å²) in [6, 6.07) is 5.64. The first-order valence-corrected chi connectivity index (χ1v) is 13.5. The van der Waals surface area contributed by atoms with Crippen molar-refractivity contribution >= 4 is 15.9 Å². The molecule has 0 saturated carbocycles. The average Bonchev–Trinajstić information content (AvgIpc) is 3.28. The van der Waals surface area contributed by atoms with Gasteiger partial charge in [0, 0.05) is 39.2 Å². The molecular weight excluding hydrogens is 428 g/mol. The van der Waals surface area contributed by atoms with Gasteiger partial charge in [-0.15, -0.1) is 0 Å². The Labute approximate surface area is 191 Å². The first kappa shape index (κ1) is 22.3. The number of carbonyl (C=O) groups excluding carboxylic acids is 1. The van der Waals surface area contributed by atoms with Gasteiger partial charge in [0.15, 0.2) is 0 Å². The maximum atomic E-state index is 13.3. The summed E-state index contributed by atoms with van der Waals surface area (Å²) in [5.74, 6) is 0.519. The van der Waals surface area contributed by atoms with Gasteiger partial charge in [-0.1, -0.05) is 6.07 Å². The molecule has 1 aromatic carbocycles. The van der Waals surface area contributed by atoms with E-state index in [4.69, 9.17) is 9.47 Å². The molecule has 3 heterocycles. The number of hydrogen-bond donors (Lipinski definition) is 0. The van der Waals surface area contributed by atoms with E-state index in [1.54, 1.807) is 10.4 Å². The molecule has 1 atom stereocenters. The minimum atomic E-state index is -3.48. The van der Waals surface area contributed by atoms with Crippen LogP contribution in [0, 0.1) is 5.92 Å². The second-order valence-corrected chi connectivity index (χ2v) is 11.7. The summed E-state index contributed by atoms with van der Waals surface area (Å²) in [6.07, 6.45) is 6.82. The van der Waals surface area contributed by atoms with Gasteiger partial charge < -0.3 is 14.4 Å². The Hall–Kier alpha value is -1.48. The van der Waals surface area contributed by atoms with E-state index in [-0.39, 0.29) is 11.5 Å². The monoisotopic (exact) mass is 462 g/mol. The van der Waals surface area contributed by atoms with Crippen LogP contribution in [0.15, 0.2) is 23.1 Å². The number of aryl methyl sites for hydroxylation is 2. The number of sulfonamides is 1. The van der Waals surface area contributed by atoms with Crippen molar-refractivity contribution < 1.29 is 22.7 Å². The van der Waals surface area contributed by atoms with E-state index in [0.29, 0.717) is 76.1 Å². The maximum Gasteiger partial charge on any atom is 0.243 e. The summed E-state index contributed by atoms with van der Waals surface area (Å²) >= 11 is 0. The molecule has 3 aliphatic heterocycles. The van der Waals surface area contributed by atoms with E-state index in [0.717, 1.165) is 32.1 Å². The fourth-order valence-corrected chi connectivity index (χ4v) is 7.33. The minimum Gasteiger partial charge on any atom is -0.378 e. The van der Waals surface area contributed by atoms with E-state index >= 15 is 0 Å². The van der Waals surface area contributed by atoms with Crippen molar-refractivity contribution in [1.29, 1.82) is 0 Å². The smallest absolute Gasteiger partial charge is 0.243 e. The van der Waals surface area contributed by atoms with Crippen molar-refractivity contribution in [3.63, 3.8) is 0 Å². The third-order valence-electron chi connectivity index (χ3n) is 7.76. The highest BCUT2D eigenvalue weighted by Crippen LogP contribution is 2.40. The molecule has 5 rings (SSSR count). The number of fused-ring (bicyclic) bond motifs is 1.